The van der Waals surface area contributed by atoms with Crippen LogP contribution in [0.25, 0.3) is 0 Å². The monoisotopic (exact) mass is 226 g/mol. The predicted octanol–water partition coefficient (Wildman–Crippen LogP) is 2.11. The van der Waals surface area contributed by atoms with Crippen molar-refractivity contribution in [3.05, 3.63) is 11.1 Å². The molecule has 0 heterocycles. The third-order valence-electron chi connectivity index (χ3n) is 2.11. The molecular weight excluding hydrogens is 213 g/mol. The molecule has 15 heavy (non-hydrogen) atoms. The van der Waals surface area contributed by atoms with Crippen LogP contribution in [-0.2, 0) is 4.79 Å². The lowest BCUT2D eigenvalue weighted by molar-refractivity contribution is -0.247. The van der Waals surface area contributed by atoms with Gasteiger partial charge in [0.2, 0.25) is 0 Å². The number of halogens is 3. The molecule has 0 aliphatic carbocycles. The Kier molecular flexibility index (Phi) is 3.93. The van der Waals surface area contributed by atoms with E-state index in [0.29, 0.717) is 0 Å². The van der Waals surface area contributed by atoms with Crippen LogP contribution >= 0.6 is 0 Å². The molecule has 88 valence electrons. The van der Waals surface area contributed by atoms with Crippen molar-refractivity contribution in [2.24, 2.45) is 0 Å². The summed E-state index contributed by atoms with van der Waals surface area (Å²) in [4.78, 5) is 10.6. The van der Waals surface area contributed by atoms with Gasteiger partial charge in [-0.2, -0.15) is 13.2 Å². The Bertz CT molecular complexity index is 289. The SMILES string of the molecule is CCC(=C(C)C)[C@](O)(C(=O)O)C(F)(F)F. The number of carboxylic acid groups (broad SMARTS) is 1. The third kappa shape index (κ3) is 2.31. The van der Waals surface area contributed by atoms with E-state index in [1.165, 1.54) is 20.8 Å². The van der Waals surface area contributed by atoms with Crippen LogP contribution in [0.1, 0.15) is 27.2 Å². The molecule has 0 amide bonds. The molecule has 0 unspecified atom stereocenters. The molecular formula is C9H13F3O3. The maximum absolute atomic E-state index is 12.5. The van der Waals surface area contributed by atoms with E-state index in [2.05, 4.69) is 0 Å². The van der Waals surface area contributed by atoms with Gasteiger partial charge in [-0.15, -0.1) is 0 Å². The molecule has 0 aromatic heterocycles. The van der Waals surface area contributed by atoms with Gasteiger partial charge in [-0.3, -0.25) is 0 Å². The van der Waals surface area contributed by atoms with E-state index in [9.17, 15) is 23.1 Å². The van der Waals surface area contributed by atoms with Crippen LogP contribution < -0.4 is 0 Å². The summed E-state index contributed by atoms with van der Waals surface area (Å²) in [5.41, 5.74) is -4.15. The van der Waals surface area contributed by atoms with Crippen LogP contribution in [0.2, 0.25) is 0 Å². The zero-order chi connectivity index (χ0) is 12.4. The molecule has 0 radical (unpaired) electrons. The standard InChI is InChI=1S/C9H13F3O3/c1-4-6(5(2)3)8(15,7(13)14)9(10,11)12/h15H,4H2,1-3H3,(H,13,14)/t8-/m0/s1. The lowest BCUT2D eigenvalue weighted by Crippen LogP contribution is -2.53. The van der Waals surface area contributed by atoms with Crippen molar-refractivity contribution in [3.8, 4) is 0 Å². The van der Waals surface area contributed by atoms with Gasteiger partial charge < -0.3 is 10.2 Å². The first kappa shape index (κ1) is 14.0. The van der Waals surface area contributed by atoms with E-state index in [0.717, 1.165) is 0 Å². The van der Waals surface area contributed by atoms with Crippen molar-refractivity contribution in [1.29, 1.82) is 0 Å². The summed E-state index contributed by atoms with van der Waals surface area (Å²) < 4.78 is 37.5. The second kappa shape index (κ2) is 4.22. The number of aliphatic carboxylic acids is 1. The molecule has 0 bridgehead atoms. The van der Waals surface area contributed by atoms with E-state index in [1.807, 2.05) is 0 Å². The Hall–Kier alpha value is -1.04. The number of alkyl halides is 3. The van der Waals surface area contributed by atoms with Crippen molar-refractivity contribution >= 4 is 5.97 Å². The first-order valence-corrected chi connectivity index (χ1v) is 4.28. The van der Waals surface area contributed by atoms with Crippen molar-refractivity contribution in [3.63, 3.8) is 0 Å². The van der Waals surface area contributed by atoms with Gasteiger partial charge in [-0.1, -0.05) is 12.5 Å². The van der Waals surface area contributed by atoms with Crippen molar-refractivity contribution in [2.45, 2.75) is 39.0 Å². The Morgan fingerprint density at radius 1 is 1.27 bits per heavy atom. The van der Waals surface area contributed by atoms with E-state index in [4.69, 9.17) is 5.11 Å². The highest BCUT2D eigenvalue weighted by Crippen LogP contribution is 2.39. The molecule has 0 spiro atoms. The van der Waals surface area contributed by atoms with E-state index < -0.39 is 23.3 Å². The van der Waals surface area contributed by atoms with Gasteiger partial charge in [-0.05, 0) is 25.8 Å². The van der Waals surface area contributed by atoms with E-state index in [-0.39, 0.29) is 12.0 Å². The van der Waals surface area contributed by atoms with Crippen LogP contribution in [0.3, 0.4) is 0 Å². The summed E-state index contributed by atoms with van der Waals surface area (Å²) in [5, 5.41) is 17.8. The average Bonchev–Trinajstić information content (AvgIpc) is 2.01. The Morgan fingerprint density at radius 3 is 1.73 bits per heavy atom. The fraction of sp³-hybridized carbons (Fsp3) is 0.667. The van der Waals surface area contributed by atoms with Crippen molar-refractivity contribution in [2.75, 3.05) is 0 Å². The summed E-state index contributed by atoms with van der Waals surface area (Å²) in [6.45, 7) is 4.03. The lowest BCUT2D eigenvalue weighted by Gasteiger charge is -2.29. The number of allylic oxidation sites excluding steroid dienone is 1. The highest BCUT2D eigenvalue weighted by molar-refractivity contribution is 5.83. The summed E-state index contributed by atoms with van der Waals surface area (Å²) >= 11 is 0. The minimum atomic E-state index is -5.22. The van der Waals surface area contributed by atoms with Gasteiger partial charge in [0.05, 0.1) is 0 Å². The van der Waals surface area contributed by atoms with Gasteiger partial charge in [0.25, 0.3) is 5.60 Å². The van der Waals surface area contributed by atoms with Gasteiger partial charge in [-0.25, -0.2) is 4.79 Å². The first-order chi connectivity index (χ1) is 6.59. The Morgan fingerprint density at radius 2 is 1.67 bits per heavy atom. The maximum atomic E-state index is 12.5. The van der Waals surface area contributed by atoms with Crippen LogP contribution in [0.15, 0.2) is 11.1 Å². The molecule has 0 aliphatic rings. The molecule has 0 saturated heterocycles. The molecule has 0 aliphatic heterocycles. The fourth-order valence-corrected chi connectivity index (χ4v) is 1.39. The normalized spacial score (nSPS) is 15.7. The largest absolute Gasteiger partial charge is 0.479 e. The zero-order valence-electron chi connectivity index (χ0n) is 8.64. The minimum absolute atomic E-state index is 0.153. The Balaban J connectivity index is 5.72. The van der Waals surface area contributed by atoms with Crippen LogP contribution in [-0.4, -0.2) is 28.0 Å². The summed E-state index contributed by atoms with van der Waals surface area (Å²) in [6, 6.07) is 0. The van der Waals surface area contributed by atoms with Crippen molar-refractivity contribution < 1.29 is 28.2 Å². The van der Waals surface area contributed by atoms with Gasteiger partial charge in [0, 0.05) is 0 Å². The molecule has 0 rings (SSSR count). The Labute approximate surface area is 85.2 Å². The van der Waals surface area contributed by atoms with Crippen molar-refractivity contribution in [1.82, 2.24) is 0 Å². The first-order valence-electron chi connectivity index (χ1n) is 4.28. The number of aliphatic hydroxyl groups is 1. The van der Waals surface area contributed by atoms with Gasteiger partial charge in [0.1, 0.15) is 0 Å². The molecule has 0 fully saturated rings. The third-order valence-corrected chi connectivity index (χ3v) is 2.11. The summed E-state index contributed by atoms with van der Waals surface area (Å²) in [5.74, 6) is -2.30. The van der Waals surface area contributed by atoms with Crippen LogP contribution in [0.4, 0.5) is 13.2 Å². The number of rotatable bonds is 3. The molecule has 0 aromatic carbocycles. The highest BCUT2D eigenvalue weighted by atomic mass is 19.4. The van der Waals surface area contributed by atoms with Gasteiger partial charge in [0.15, 0.2) is 0 Å². The maximum Gasteiger partial charge on any atom is 0.432 e. The molecule has 1 atom stereocenters. The number of hydrogen-bond donors (Lipinski definition) is 2. The van der Waals surface area contributed by atoms with E-state index in [1.54, 1.807) is 0 Å². The zero-order valence-corrected chi connectivity index (χ0v) is 8.64. The predicted molar refractivity (Wildman–Crippen MR) is 47.3 cm³/mol. The second-order valence-electron chi connectivity index (χ2n) is 3.35. The highest BCUT2D eigenvalue weighted by Gasteiger charge is 2.62. The number of carboxylic acids is 1. The number of carbonyl (C=O) groups is 1. The van der Waals surface area contributed by atoms with E-state index >= 15 is 0 Å². The smallest absolute Gasteiger partial charge is 0.432 e. The fourth-order valence-electron chi connectivity index (χ4n) is 1.39. The summed E-state index contributed by atoms with van der Waals surface area (Å²) in [6.07, 6.45) is -5.40. The quantitative estimate of drug-likeness (QED) is 0.724. The topological polar surface area (TPSA) is 57.5 Å². The second-order valence-corrected chi connectivity index (χ2v) is 3.35. The molecule has 3 nitrogen and oxygen atoms in total. The molecule has 2 N–H and O–H groups in total. The molecule has 0 saturated carbocycles. The average molecular weight is 226 g/mol. The molecule has 0 aromatic rings. The lowest BCUT2D eigenvalue weighted by atomic mass is 9.88. The number of hydrogen-bond acceptors (Lipinski definition) is 2. The van der Waals surface area contributed by atoms with Crippen LogP contribution in [0, 0.1) is 0 Å². The van der Waals surface area contributed by atoms with Gasteiger partial charge >= 0.3 is 12.1 Å². The molecule has 6 heteroatoms. The summed E-state index contributed by atoms with van der Waals surface area (Å²) in [7, 11) is 0. The van der Waals surface area contributed by atoms with Crippen LogP contribution in [0.5, 0.6) is 0 Å². The minimum Gasteiger partial charge on any atom is -0.479 e.